The zero-order valence-corrected chi connectivity index (χ0v) is 11.8. The first-order chi connectivity index (χ1) is 9.82. The zero-order chi connectivity index (χ0) is 13.8. The summed E-state index contributed by atoms with van der Waals surface area (Å²) in [5, 5.41) is 0. The van der Waals surface area contributed by atoms with Crippen molar-refractivity contribution in [2.45, 2.75) is 31.5 Å². The number of benzene rings is 2. The summed E-state index contributed by atoms with van der Waals surface area (Å²) in [5.74, 6) is 0. The van der Waals surface area contributed by atoms with E-state index in [4.69, 9.17) is 5.73 Å². The molecule has 2 N–H and O–H groups in total. The highest BCUT2D eigenvalue weighted by Crippen LogP contribution is 2.42. The van der Waals surface area contributed by atoms with Gasteiger partial charge >= 0.3 is 0 Å². The molecule has 0 spiro atoms. The molecule has 0 bridgehead atoms. The molecule has 1 aliphatic rings. The molecule has 0 unspecified atom stereocenters. The molecule has 2 aromatic rings. The zero-order valence-electron chi connectivity index (χ0n) is 11.8. The van der Waals surface area contributed by atoms with Crippen LogP contribution in [-0.4, -0.2) is 17.0 Å². The van der Waals surface area contributed by atoms with E-state index in [0.717, 1.165) is 19.6 Å². The first kappa shape index (κ1) is 13.3. The number of hydrogen-bond acceptors (Lipinski definition) is 2. The van der Waals surface area contributed by atoms with Gasteiger partial charge in [-0.1, -0.05) is 60.7 Å². The fraction of sp³-hybridized carbons (Fsp3) is 0.333. The summed E-state index contributed by atoms with van der Waals surface area (Å²) in [4.78, 5) is 2.55. The lowest BCUT2D eigenvalue weighted by Crippen LogP contribution is -2.42. The van der Waals surface area contributed by atoms with Crippen molar-refractivity contribution < 1.29 is 0 Å². The first-order valence-electron chi connectivity index (χ1n) is 7.35. The quantitative estimate of drug-likeness (QED) is 0.870. The van der Waals surface area contributed by atoms with Crippen LogP contribution in [0.25, 0.3) is 0 Å². The predicted molar refractivity (Wildman–Crippen MR) is 83.2 cm³/mol. The van der Waals surface area contributed by atoms with Crippen LogP contribution < -0.4 is 5.73 Å². The van der Waals surface area contributed by atoms with Crippen LogP contribution in [-0.2, 0) is 13.1 Å². The van der Waals surface area contributed by atoms with Gasteiger partial charge in [0.1, 0.15) is 0 Å². The molecule has 3 rings (SSSR count). The summed E-state index contributed by atoms with van der Waals surface area (Å²) in [6.45, 7) is 2.71. The van der Waals surface area contributed by atoms with Crippen LogP contribution in [0.15, 0.2) is 60.7 Å². The van der Waals surface area contributed by atoms with Gasteiger partial charge < -0.3 is 5.73 Å². The third-order valence-electron chi connectivity index (χ3n) is 4.31. The van der Waals surface area contributed by atoms with E-state index < -0.39 is 0 Å². The molecular weight excluding hydrogens is 244 g/mol. The molecule has 1 fully saturated rings. The molecule has 20 heavy (non-hydrogen) atoms. The second-order valence-corrected chi connectivity index (χ2v) is 5.76. The summed E-state index contributed by atoms with van der Waals surface area (Å²) in [5.41, 5.74) is 8.99. The van der Waals surface area contributed by atoms with Crippen molar-refractivity contribution in [3.05, 3.63) is 71.8 Å². The van der Waals surface area contributed by atoms with E-state index in [1.165, 1.54) is 24.0 Å². The summed E-state index contributed by atoms with van der Waals surface area (Å²) < 4.78 is 0. The Morgan fingerprint density at radius 2 is 1.25 bits per heavy atom. The smallest absolute Gasteiger partial charge is 0.0340 e. The molecule has 0 atom stereocenters. The number of nitrogens with zero attached hydrogens (tertiary/aromatic N) is 1. The summed E-state index contributed by atoms with van der Waals surface area (Å²) in [7, 11) is 0. The minimum Gasteiger partial charge on any atom is -0.329 e. The predicted octanol–water partition coefficient (Wildman–Crippen LogP) is 3.18. The Bertz CT molecular complexity index is 490. The van der Waals surface area contributed by atoms with Gasteiger partial charge in [-0.3, -0.25) is 4.90 Å². The van der Waals surface area contributed by atoms with Crippen molar-refractivity contribution in [3.63, 3.8) is 0 Å². The Kier molecular flexibility index (Phi) is 3.86. The van der Waals surface area contributed by atoms with Crippen LogP contribution in [0, 0.1) is 0 Å². The van der Waals surface area contributed by atoms with Gasteiger partial charge in [-0.2, -0.15) is 0 Å². The molecule has 2 nitrogen and oxygen atoms in total. The van der Waals surface area contributed by atoms with E-state index >= 15 is 0 Å². The molecular formula is C18H22N2. The maximum atomic E-state index is 6.04. The Labute approximate surface area is 121 Å². The minimum atomic E-state index is 0.228. The lowest BCUT2D eigenvalue weighted by Gasteiger charge is -2.31. The molecule has 0 heterocycles. The van der Waals surface area contributed by atoms with Crippen LogP contribution in [0.5, 0.6) is 0 Å². The fourth-order valence-electron chi connectivity index (χ4n) is 2.79. The Balaban J connectivity index is 1.78. The lowest BCUT2D eigenvalue weighted by atomic mass is 10.1. The summed E-state index contributed by atoms with van der Waals surface area (Å²) >= 11 is 0. The third kappa shape index (κ3) is 2.92. The molecule has 0 saturated heterocycles. The van der Waals surface area contributed by atoms with Crippen molar-refractivity contribution in [2.24, 2.45) is 5.73 Å². The largest absolute Gasteiger partial charge is 0.329 e. The van der Waals surface area contributed by atoms with Crippen LogP contribution in [0.3, 0.4) is 0 Å². The van der Waals surface area contributed by atoms with E-state index in [9.17, 15) is 0 Å². The lowest BCUT2D eigenvalue weighted by molar-refractivity contribution is 0.163. The molecule has 0 aromatic heterocycles. The summed E-state index contributed by atoms with van der Waals surface area (Å²) in [6.07, 6.45) is 2.45. The molecule has 0 amide bonds. The molecule has 1 saturated carbocycles. The van der Waals surface area contributed by atoms with Gasteiger partial charge in [0.2, 0.25) is 0 Å². The second-order valence-electron chi connectivity index (χ2n) is 5.76. The minimum absolute atomic E-state index is 0.228. The average molecular weight is 266 g/mol. The maximum absolute atomic E-state index is 6.04. The third-order valence-corrected chi connectivity index (χ3v) is 4.31. The van der Waals surface area contributed by atoms with Crippen molar-refractivity contribution in [3.8, 4) is 0 Å². The van der Waals surface area contributed by atoms with Crippen LogP contribution in [0.1, 0.15) is 24.0 Å². The fourth-order valence-corrected chi connectivity index (χ4v) is 2.79. The van der Waals surface area contributed by atoms with Crippen LogP contribution in [0.2, 0.25) is 0 Å². The average Bonchev–Trinajstić information content (AvgIpc) is 3.30. The molecule has 0 aliphatic heterocycles. The monoisotopic (exact) mass is 266 g/mol. The van der Waals surface area contributed by atoms with Crippen molar-refractivity contribution in [1.82, 2.24) is 4.90 Å². The normalized spacial score (nSPS) is 16.3. The molecule has 1 aliphatic carbocycles. The highest BCUT2D eigenvalue weighted by Gasteiger charge is 2.46. The molecule has 2 heteroatoms. The highest BCUT2D eigenvalue weighted by atomic mass is 15.2. The van der Waals surface area contributed by atoms with E-state index in [0.29, 0.717) is 0 Å². The number of hydrogen-bond donors (Lipinski definition) is 1. The summed E-state index contributed by atoms with van der Waals surface area (Å²) in [6, 6.07) is 21.4. The Morgan fingerprint density at radius 3 is 1.60 bits per heavy atom. The van der Waals surface area contributed by atoms with Crippen molar-refractivity contribution in [2.75, 3.05) is 6.54 Å². The molecule has 0 radical (unpaired) electrons. The SMILES string of the molecule is NCC1(N(Cc2ccccc2)Cc2ccccc2)CC1. The molecule has 104 valence electrons. The topological polar surface area (TPSA) is 29.3 Å². The highest BCUT2D eigenvalue weighted by molar-refractivity contribution is 5.19. The van der Waals surface area contributed by atoms with Crippen LogP contribution in [0.4, 0.5) is 0 Å². The van der Waals surface area contributed by atoms with Gasteiger partial charge in [0.05, 0.1) is 0 Å². The van der Waals surface area contributed by atoms with Gasteiger partial charge in [0.15, 0.2) is 0 Å². The Hall–Kier alpha value is -1.64. The molecule has 2 aromatic carbocycles. The van der Waals surface area contributed by atoms with Gasteiger partial charge in [0, 0.05) is 25.2 Å². The van der Waals surface area contributed by atoms with Crippen LogP contribution >= 0.6 is 0 Å². The van der Waals surface area contributed by atoms with E-state index in [1.807, 2.05) is 0 Å². The van der Waals surface area contributed by atoms with Gasteiger partial charge in [-0.25, -0.2) is 0 Å². The van der Waals surface area contributed by atoms with E-state index in [-0.39, 0.29) is 5.54 Å². The van der Waals surface area contributed by atoms with Gasteiger partial charge in [-0.05, 0) is 24.0 Å². The van der Waals surface area contributed by atoms with Crippen molar-refractivity contribution >= 4 is 0 Å². The first-order valence-corrected chi connectivity index (χ1v) is 7.35. The Morgan fingerprint density at radius 1 is 0.800 bits per heavy atom. The maximum Gasteiger partial charge on any atom is 0.0340 e. The number of nitrogens with two attached hydrogens (primary N) is 1. The van der Waals surface area contributed by atoms with Gasteiger partial charge in [-0.15, -0.1) is 0 Å². The van der Waals surface area contributed by atoms with Crippen molar-refractivity contribution in [1.29, 1.82) is 0 Å². The number of rotatable bonds is 6. The van der Waals surface area contributed by atoms with E-state index in [2.05, 4.69) is 65.6 Å². The second kappa shape index (κ2) is 5.78. The standard InChI is InChI=1S/C18H22N2/c19-15-18(11-12-18)20(13-16-7-3-1-4-8-16)14-17-9-5-2-6-10-17/h1-10H,11-15,19H2. The van der Waals surface area contributed by atoms with Gasteiger partial charge in [0.25, 0.3) is 0 Å². The van der Waals surface area contributed by atoms with E-state index in [1.54, 1.807) is 0 Å².